The van der Waals surface area contributed by atoms with Crippen LogP contribution in [-0.4, -0.2) is 36.1 Å². The first-order valence-corrected chi connectivity index (χ1v) is 8.44. The molecule has 2 aliphatic heterocycles. The Morgan fingerprint density at radius 3 is 2.95 bits per heavy atom. The van der Waals surface area contributed by atoms with E-state index >= 15 is 0 Å². The Kier molecular flexibility index (Phi) is 3.67. The number of hydrogen-bond donors (Lipinski definition) is 1. The zero-order chi connectivity index (χ0) is 13.5. The van der Waals surface area contributed by atoms with Gasteiger partial charge in [0.25, 0.3) is 0 Å². The molecule has 3 heterocycles. The van der Waals surface area contributed by atoms with Crippen LogP contribution in [-0.2, 0) is 5.54 Å². The minimum atomic E-state index is 0.109. The van der Waals surface area contributed by atoms with E-state index in [0.717, 1.165) is 0 Å². The van der Waals surface area contributed by atoms with Crippen molar-refractivity contribution in [3.63, 3.8) is 0 Å². The second kappa shape index (κ2) is 5.15. The highest BCUT2D eigenvalue weighted by Crippen LogP contribution is 2.43. The van der Waals surface area contributed by atoms with E-state index in [1.165, 1.54) is 49.5 Å². The highest BCUT2D eigenvalue weighted by Gasteiger charge is 2.49. The fourth-order valence-corrected chi connectivity index (χ4v) is 4.97. The molecule has 1 aromatic heterocycles. The topological polar surface area (TPSA) is 28.2 Å². The maximum atomic E-state index is 4.96. The van der Waals surface area contributed by atoms with E-state index < -0.39 is 0 Å². The van der Waals surface area contributed by atoms with Gasteiger partial charge in [0.1, 0.15) is 5.01 Å². The van der Waals surface area contributed by atoms with E-state index in [4.69, 9.17) is 4.98 Å². The first kappa shape index (κ1) is 13.5. The summed E-state index contributed by atoms with van der Waals surface area (Å²) in [6.07, 6.45) is 5.26. The van der Waals surface area contributed by atoms with E-state index in [-0.39, 0.29) is 5.54 Å². The van der Waals surface area contributed by atoms with Crippen molar-refractivity contribution >= 4 is 11.3 Å². The predicted molar refractivity (Wildman–Crippen MR) is 80.8 cm³/mol. The number of fused-ring (bicyclic) bond motifs is 1. The van der Waals surface area contributed by atoms with Crippen LogP contribution in [0.2, 0.25) is 0 Å². The standard InChI is InChI=1S/C15H25N3S/c1-11(2)12-10-19-14(17-12)15(16-3)7-9-18-8-5-4-6-13(15)18/h10-11,13,16H,4-9H2,1-3H3. The molecule has 0 bridgehead atoms. The van der Waals surface area contributed by atoms with Crippen LogP contribution in [0.3, 0.4) is 0 Å². The third kappa shape index (κ3) is 2.14. The lowest BCUT2D eigenvalue weighted by Gasteiger charge is -2.39. The maximum Gasteiger partial charge on any atom is 0.115 e. The SMILES string of the molecule is CNC1(c2nc(C(C)C)cs2)CCN2CCCCC21. The predicted octanol–water partition coefficient (Wildman–Crippen LogP) is 2.94. The van der Waals surface area contributed by atoms with Gasteiger partial charge in [0.05, 0.1) is 11.2 Å². The van der Waals surface area contributed by atoms with Crippen LogP contribution in [0.5, 0.6) is 0 Å². The third-order valence-electron chi connectivity index (χ3n) is 4.92. The van der Waals surface area contributed by atoms with E-state index in [1.54, 1.807) is 0 Å². The molecule has 2 unspecified atom stereocenters. The second-order valence-corrected chi connectivity index (χ2v) is 7.11. The average Bonchev–Trinajstić information content (AvgIpc) is 3.04. The van der Waals surface area contributed by atoms with Crippen LogP contribution < -0.4 is 5.32 Å². The van der Waals surface area contributed by atoms with Gasteiger partial charge in [-0.25, -0.2) is 4.98 Å². The fraction of sp³-hybridized carbons (Fsp3) is 0.800. The zero-order valence-electron chi connectivity index (χ0n) is 12.3. The van der Waals surface area contributed by atoms with Crippen molar-refractivity contribution < 1.29 is 0 Å². The number of piperidine rings is 1. The number of likely N-dealkylation sites (N-methyl/N-ethyl adjacent to an activating group) is 1. The van der Waals surface area contributed by atoms with Crippen molar-refractivity contribution in [2.75, 3.05) is 20.1 Å². The van der Waals surface area contributed by atoms with Gasteiger partial charge in [-0.3, -0.25) is 4.90 Å². The Hall–Kier alpha value is -0.450. The summed E-state index contributed by atoms with van der Waals surface area (Å²) >= 11 is 1.85. The fourth-order valence-electron chi connectivity index (χ4n) is 3.71. The molecule has 4 heteroatoms. The smallest absolute Gasteiger partial charge is 0.115 e. The number of rotatable bonds is 3. The Bertz CT molecular complexity index is 442. The highest BCUT2D eigenvalue weighted by molar-refractivity contribution is 7.09. The summed E-state index contributed by atoms with van der Waals surface area (Å²) in [5, 5.41) is 7.22. The number of aromatic nitrogens is 1. The number of thiazole rings is 1. The van der Waals surface area contributed by atoms with E-state index in [0.29, 0.717) is 12.0 Å². The lowest BCUT2D eigenvalue weighted by Crippen LogP contribution is -2.52. The molecule has 2 saturated heterocycles. The molecule has 3 nitrogen and oxygen atoms in total. The lowest BCUT2D eigenvalue weighted by molar-refractivity contribution is 0.141. The van der Waals surface area contributed by atoms with Crippen LogP contribution >= 0.6 is 11.3 Å². The summed E-state index contributed by atoms with van der Waals surface area (Å²) in [5.41, 5.74) is 1.36. The van der Waals surface area contributed by atoms with Crippen molar-refractivity contribution in [1.29, 1.82) is 0 Å². The lowest BCUT2D eigenvalue weighted by atomic mass is 9.86. The Morgan fingerprint density at radius 1 is 1.42 bits per heavy atom. The minimum Gasteiger partial charge on any atom is -0.307 e. The molecule has 19 heavy (non-hydrogen) atoms. The first-order chi connectivity index (χ1) is 9.17. The molecular weight excluding hydrogens is 254 g/mol. The zero-order valence-corrected chi connectivity index (χ0v) is 13.1. The van der Waals surface area contributed by atoms with Crippen molar-refractivity contribution in [3.05, 3.63) is 16.1 Å². The van der Waals surface area contributed by atoms with E-state index in [9.17, 15) is 0 Å². The first-order valence-electron chi connectivity index (χ1n) is 7.56. The highest BCUT2D eigenvalue weighted by atomic mass is 32.1. The van der Waals surface area contributed by atoms with Crippen molar-refractivity contribution in [2.45, 2.75) is 57.0 Å². The molecule has 0 radical (unpaired) electrons. The van der Waals surface area contributed by atoms with Crippen LogP contribution in [0.1, 0.15) is 56.2 Å². The molecule has 0 amide bonds. The summed E-state index contributed by atoms with van der Waals surface area (Å²) < 4.78 is 0. The molecular formula is C15H25N3S. The Morgan fingerprint density at radius 2 is 2.26 bits per heavy atom. The van der Waals surface area contributed by atoms with Gasteiger partial charge in [-0.2, -0.15) is 0 Å². The minimum absolute atomic E-state index is 0.109. The second-order valence-electron chi connectivity index (χ2n) is 6.25. The van der Waals surface area contributed by atoms with Crippen LogP contribution in [0.15, 0.2) is 5.38 Å². The van der Waals surface area contributed by atoms with Gasteiger partial charge in [-0.1, -0.05) is 20.3 Å². The molecule has 1 N–H and O–H groups in total. The summed E-state index contributed by atoms with van der Waals surface area (Å²) in [4.78, 5) is 7.63. The Labute approximate surface area is 120 Å². The van der Waals surface area contributed by atoms with Crippen LogP contribution in [0, 0.1) is 0 Å². The summed E-state index contributed by atoms with van der Waals surface area (Å²) in [5.74, 6) is 0.530. The van der Waals surface area contributed by atoms with E-state index in [2.05, 4.69) is 36.5 Å². The molecule has 3 rings (SSSR count). The van der Waals surface area contributed by atoms with Gasteiger partial charge < -0.3 is 5.32 Å². The van der Waals surface area contributed by atoms with Gasteiger partial charge in [-0.05, 0) is 38.8 Å². The van der Waals surface area contributed by atoms with Gasteiger partial charge in [0.15, 0.2) is 0 Å². The van der Waals surface area contributed by atoms with Crippen LogP contribution in [0.4, 0.5) is 0 Å². The number of nitrogens with zero attached hydrogens (tertiary/aromatic N) is 2. The summed E-state index contributed by atoms with van der Waals surface area (Å²) in [6.45, 7) is 6.96. The largest absolute Gasteiger partial charge is 0.307 e. The number of nitrogens with one attached hydrogen (secondary N) is 1. The molecule has 0 saturated carbocycles. The Balaban J connectivity index is 1.93. The molecule has 0 aromatic carbocycles. The van der Waals surface area contributed by atoms with Crippen molar-refractivity contribution in [2.24, 2.45) is 0 Å². The third-order valence-corrected chi connectivity index (χ3v) is 5.96. The van der Waals surface area contributed by atoms with Gasteiger partial charge in [-0.15, -0.1) is 11.3 Å². The summed E-state index contributed by atoms with van der Waals surface area (Å²) in [6, 6.07) is 0.650. The van der Waals surface area contributed by atoms with Crippen LogP contribution in [0.25, 0.3) is 0 Å². The molecule has 2 atom stereocenters. The normalized spacial score (nSPS) is 31.9. The number of hydrogen-bond acceptors (Lipinski definition) is 4. The van der Waals surface area contributed by atoms with Crippen molar-refractivity contribution in [1.82, 2.24) is 15.2 Å². The van der Waals surface area contributed by atoms with Gasteiger partial charge >= 0.3 is 0 Å². The quantitative estimate of drug-likeness (QED) is 0.922. The van der Waals surface area contributed by atoms with Crippen molar-refractivity contribution in [3.8, 4) is 0 Å². The van der Waals surface area contributed by atoms with Gasteiger partial charge in [0.2, 0.25) is 0 Å². The average molecular weight is 279 g/mol. The molecule has 2 aliphatic rings. The molecule has 1 aromatic rings. The maximum absolute atomic E-state index is 4.96. The van der Waals surface area contributed by atoms with Gasteiger partial charge in [0, 0.05) is 18.0 Å². The molecule has 0 aliphatic carbocycles. The molecule has 106 valence electrons. The molecule has 2 fully saturated rings. The monoisotopic (exact) mass is 279 g/mol. The summed E-state index contributed by atoms with van der Waals surface area (Å²) in [7, 11) is 2.12. The molecule has 0 spiro atoms. The van der Waals surface area contributed by atoms with E-state index in [1.807, 2.05) is 11.3 Å².